The number of benzene rings is 1. The van der Waals surface area contributed by atoms with E-state index in [-0.39, 0.29) is 44.0 Å². The second-order valence-electron chi connectivity index (χ2n) is 8.43. The lowest BCUT2D eigenvalue weighted by molar-refractivity contribution is -0.146. The van der Waals surface area contributed by atoms with E-state index in [0.717, 1.165) is 5.56 Å². The Morgan fingerprint density at radius 3 is 2.57 bits per heavy atom. The number of amides is 3. The maximum atomic E-state index is 13.0. The van der Waals surface area contributed by atoms with Gasteiger partial charge in [-0.2, -0.15) is 0 Å². The van der Waals surface area contributed by atoms with Gasteiger partial charge in [0.2, 0.25) is 17.7 Å². The first-order valence-electron chi connectivity index (χ1n) is 9.73. The van der Waals surface area contributed by atoms with Gasteiger partial charge >= 0.3 is 0 Å². The molecule has 1 aromatic carbocycles. The van der Waals surface area contributed by atoms with Crippen LogP contribution in [0, 0.1) is 12.3 Å². The fraction of sp³-hybridized carbons (Fsp3) is 0.409. The van der Waals surface area contributed by atoms with E-state index < -0.39 is 5.41 Å². The lowest BCUT2D eigenvalue weighted by Gasteiger charge is -2.29. The molecule has 30 heavy (non-hydrogen) atoms. The highest BCUT2D eigenvalue weighted by Gasteiger charge is 2.35. The Morgan fingerprint density at radius 2 is 1.93 bits per heavy atom. The van der Waals surface area contributed by atoms with Crippen molar-refractivity contribution in [2.45, 2.75) is 34.2 Å². The molecule has 0 aliphatic carbocycles. The second-order valence-corrected chi connectivity index (χ2v) is 8.84. The van der Waals surface area contributed by atoms with Crippen molar-refractivity contribution < 1.29 is 18.8 Å². The lowest BCUT2D eigenvalue weighted by Crippen LogP contribution is -2.46. The van der Waals surface area contributed by atoms with Crippen molar-refractivity contribution in [3.63, 3.8) is 0 Å². The SMILES string of the molecule is Cc1c(Cl)cccc1N1CN(C(=O)CN(Cc2ccco2)C(=O)C(C)(C)C)CC1=O. The third-order valence-corrected chi connectivity index (χ3v) is 5.41. The van der Waals surface area contributed by atoms with Gasteiger partial charge in [0.25, 0.3) is 0 Å². The van der Waals surface area contributed by atoms with E-state index in [1.165, 1.54) is 16.1 Å². The highest BCUT2D eigenvalue weighted by molar-refractivity contribution is 6.31. The van der Waals surface area contributed by atoms with Crippen LogP contribution in [0.1, 0.15) is 32.1 Å². The van der Waals surface area contributed by atoms with E-state index in [1.54, 1.807) is 56.0 Å². The van der Waals surface area contributed by atoms with Crippen LogP contribution >= 0.6 is 11.6 Å². The maximum absolute atomic E-state index is 13.0. The molecule has 3 rings (SSSR count). The van der Waals surface area contributed by atoms with Crippen molar-refractivity contribution in [3.8, 4) is 0 Å². The third-order valence-electron chi connectivity index (χ3n) is 5.00. The minimum Gasteiger partial charge on any atom is -0.467 e. The Labute approximate surface area is 181 Å². The van der Waals surface area contributed by atoms with E-state index in [4.69, 9.17) is 16.0 Å². The zero-order chi connectivity index (χ0) is 22.1. The molecule has 0 bridgehead atoms. The summed E-state index contributed by atoms with van der Waals surface area (Å²) in [5.41, 5.74) is 0.808. The molecule has 160 valence electrons. The Kier molecular flexibility index (Phi) is 6.22. The molecule has 7 nitrogen and oxygen atoms in total. The predicted molar refractivity (Wildman–Crippen MR) is 114 cm³/mol. The Morgan fingerprint density at radius 1 is 1.20 bits per heavy atom. The number of halogens is 1. The monoisotopic (exact) mass is 431 g/mol. The highest BCUT2D eigenvalue weighted by Crippen LogP contribution is 2.29. The second kappa shape index (κ2) is 8.52. The summed E-state index contributed by atoms with van der Waals surface area (Å²) in [6.07, 6.45) is 1.53. The number of furan rings is 1. The molecule has 2 heterocycles. The number of nitrogens with zero attached hydrogens (tertiary/aromatic N) is 3. The van der Waals surface area contributed by atoms with Gasteiger partial charge in [0.05, 0.1) is 12.8 Å². The van der Waals surface area contributed by atoms with Crippen LogP contribution in [0.3, 0.4) is 0 Å². The van der Waals surface area contributed by atoms with Crippen molar-refractivity contribution in [3.05, 3.63) is 52.9 Å². The number of anilines is 1. The van der Waals surface area contributed by atoms with Crippen molar-refractivity contribution in [1.29, 1.82) is 0 Å². The summed E-state index contributed by atoms with van der Waals surface area (Å²) in [6.45, 7) is 7.39. The van der Waals surface area contributed by atoms with Gasteiger partial charge in [-0.15, -0.1) is 0 Å². The van der Waals surface area contributed by atoms with Gasteiger partial charge in [0, 0.05) is 16.1 Å². The van der Waals surface area contributed by atoms with E-state index >= 15 is 0 Å². The van der Waals surface area contributed by atoms with Gasteiger partial charge < -0.3 is 14.2 Å². The van der Waals surface area contributed by atoms with Crippen LogP contribution in [0.4, 0.5) is 5.69 Å². The summed E-state index contributed by atoms with van der Waals surface area (Å²) in [6, 6.07) is 8.83. The standard InChI is InChI=1S/C22H26ClN3O4/c1-15-17(23)8-5-9-18(15)26-14-25(13-20(26)28)19(27)12-24(21(29)22(2,3)4)11-16-7-6-10-30-16/h5-10H,11-14H2,1-4H3. The van der Waals surface area contributed by atoms with Crippen LogP contribution in [0.2, 0.25) is 5.02 Å². The largest absolute Gasteiger partial charge is 0.467 e. The number of carbonyl (C=O) groups excluding carboxylic acids is 3. The molecule has 8 heteroatoms. The number of hydrogen-bond donors (Lipinski definition) is 0. The Hall–Kier alpha value is -2.80. The van der Waals surface area contributed by atoms with E-state index in [2.05, 4.69) is 0 Å². The van der Waals surface area contributed by atoms with E-state index in [9.17, 15) is 14.4 Å². The molecule has 1 fully saturated rings. The topological polar surface area (TPSA) is 74.1 Å². The molecule has 0 unspecified atom stereocenters. The first-order valence-corrected chi connectivity index (χ1v) is 10.1. The summed E-state index contributed by atoms with van der Waals surface area (Å²) < 4.78 is 5.36. The van der Waals surface area contributed by atoms with Gasteiger partial charge in [-0.05, 0) is 36.8 Å². The average molecular weight is 432 g/mol. The first-order chi connectivity index (χ1) is 14.1. The van der Waals surface area contributed by atoms with Gasteiger partial charge in [-0.3, -0.25) is 19.3 Å². The van der Waals surface area contributed by atoms with Crippen LogP contribution < -0.4 is 4.90 Å². The van der Waals surface area contributed by atoms with Crippen LogP contribution in [-0.4, -0.2) is 47.3 Å². The Bertz CT molecular complexity index is 950. The van der Waals surface area contributed by atoms with Crippen molar-refractivity contribution >= 4 is 35.0 Å². The lowest BCUT2D eigenvalue weighted by atomic mass is 9.94. The van der Waals surface area contributed by atoms with Gasteiger partial charge in [-0.25, -0.2) is 0 Å². The van der Waals surface area contributed by atoms with Gasteiger partial charge in [0.15, 0.2) is 0 Å². The number of rotatable bonds is 5. The van der Waals surface area contributed by atoms with Gasteiger partial charge in [-0.1, -0.05) is 38.4 Å². The van der Waals surface area contributed by atoms with Crippen LogP contribution in [0.5, 0.6) is 0 Å². The van der Waals surface area contributed by atoms with Crippen molar-refractivity contribution in [1.82, 2.24) is 9.80 Å². The molecule has 3 amide bonds. The molecule has 0 N–H and O–H groups in total. The highest BCUT2D eigenvalue weighted by atomic mass is 35.5. The molecule has 1 aliphatic heterocycles. The summed E-state index contributed by atoms with van der Waals surface area (Å²) in [5.74, 6) is -0.0578. The van der Waals surface area contributed by atoms with Crippen molar-refractivity contribution in [2.75, 3.05) is 24.7 Å². The van der Waals surface area contributed by atoms with Crippen molar-refractivity contribution in [2.24, 2.45) is 5.41 Å². The Balaban J connectivity index is 1.75. The van der Waals surface area contributed by atoms with E-state index in [1.807, 2.05) is 6.92 Å². The third kappa shape index (κ3) is 4.67. The zero-order valence-electron chi connectivity index (χ0n) is 17.6. The maximum Gasteiger partial charge on any atom is 0.248 e. The normalized spacial score (nSPS) is 14.4. The van der Waals surface area contributed by atoms with Crippen LogP contribution in [-0.2, 0) is 20.9 Å². The smallest absolute Gasteiger partial charge is 0.248 e. The quantitative estimate of drug-likeness (QED) is 0.726. The molecule has 1 aliphatic rings. The minimum atomic E-state index is -0.655. The number of carbonyl (C=O) groups is 3. The molecule has 0 radical (unpaired) electrons. The molecule has 0 spiro atoms. The average Bonchev–Trinajstić information content (AvgIpc) is 3.32. The molecular formula is C22H26ClN3O4. The number of hydrogen-bond acceptors (Lipinski definition) is 4. The molecule has 2 aromatic rings. The summed E-state index contributed by atoms with van der Waals surface area (Å²) in [4.78, 5) is 42.9. The molecule has 0 saturated carbocycles. The summed E-state index contributed by atoms with van der Waals surface area (Å²) in [7, 11) is 0. The van der Waals surface area contributed by atoms with Crippen LogP contribution in [0.25, 0.3) is 0 Å². The molecule has 1 aromatic heterocycles. The van der Waals surface area contributed by atoms with Gasteiger partial charge in [0.1, 0.15) is 25.5 Å². The zero-order valence-corrected chi connectivity index (χ0v) is 18.4. The summed E-state index contributed by atoms with van der Waals surface area (Å²) in [5, 5.41) is 0.561. The molecule has 1 saturated heterocycles. The van der Waals surface area contributed by atoms with Crippen LogP contribution in [0.15, 0.2) is 41.0 Å². The fourth-order valence-corrected chi connectivity index (χ4v) is 3.51. The van der Waals surface area contributed by atoms with E-state index in [0.29, 0.717) is 16.5 Å². The fourth-order valence-electron chi connectivity index (χ4n) is 3.34. The predicted octanol–water partition coefficient (Wildman–Crippen LogP) is 3.45. The molecular weight excluding hydrogens is 406 g/mol. The minimum absolute atomic E-state index is 0.0386. The summed E-state index contributed by atoms with van der Waals surface area (Å²) >= 11 is 6.18. The first kappa shape index (κ1) is 21.9. The molecule has 0 atom stereocenters.